The molecule has 0 unspecified atom stereocenters. The number of carboxylic acids is 4. The van der Waals surface area contributed by atoms with E-state index in [0.717, 1.165) is 10.2 Å². The van der Waals surface area contributed by atoms with E-state index in [0.29, 0.717) is 5.13 Å². The zero-order valence-electron chi connectivity index (χ0n) is 17.4. The van der Waals surface area contributed by atoms with E-state index in [9.17, 15) is 19.2 Å². The first-order valence-electron chi connectivity index (χ1n) is 9.06. The van der Waals surface area contributed by atoms with Gasteiger partial charge in [-0.3, -0.25) is 0 Å². The molecule has 0 aliphatic rings. The third-order valence-electron chi connectivity index (χ3n) is 3.69. The summed E-state index contributed by atoms with van der Waals surface area (Å²) in [5.74, 6) is -4.95. The number of hydrogen-bond acceptors (Lipinski definition) is 9. The van der Waals surface area contributed by atoms with Crippen molar-refractivity contribution in [3.8, 4) is 0 Å². The Balaban J connectivity index is 0.000000260. The zero-order valence-corrected chi connectivity index (χ0v) is 19.3. The molecule has 0 atom stereocenters. The van der Waals surface area contributed by atoms with Crippen molar-refractivity contribution in [1.82, 2.24) is 15.0 Å². The van der Waals surface area contributed by atoms with Crippen molar-refractivity contribution in [2.75, 3.05) is 5.73 Å². The second-order valence-electron chi connectivity index (χ2n) is 6.06. The number of carboxylic acid groups (broad SMARTS) is 4. The number of nitrogen functional groups attached to an aromatic ring is 1. The van der Waals surface area contributed by atoms with Crippen LogP contribution in [0.4, 0.5) is 5.13 Å². The smallest absolute Gasteiger partial charge is 0.477 e. The minimum Gasteiger partial charge on any atom is -0.477 e. The van der Waals surface area contributed by atoms with Crippen molar-refractivity contribution in [3.63, 3.8) is 0 Å². The molecule has 179 valence electrons. The summed E-state index contributed by atoms with van der Waals surface area (Å²) in [6.07, 6.45) is 0. The first-order chi connectivity index (χ1) is 16.1. The van der Waals surface area contributed by atoms with Gasteiger partial charge in [0.2, 0.25) is 0 Å². The van der Waals surface area contributed by atoms with Gasteiger partial charge in [-0.15, -0.1) is 0 Å². The fourth-order valence-electron chi connectivity index (χ4n) is 2.24. The van der Waals surface area contributed by atoms with Gasteiger partial charge in [-0.05, 0) is 36.4 Å². The molecule has 1 aromatic carbocycles. The van der Waals surface area contributed by atoms with Crippen LogP contribution in [0.5, 0.6) is 0 Å². The van der Waals surface area contributed by atoms with Crippen LogP contribution in [0.1, 0.15) is 42.0 Å². The minimum absolute atomic E-state index is 0. The van der Waals surface area contributed by atoms with Crippen LogP contribution in [0.15, 0.2) is 60.7 Å². The third kappa shape index (κ3) is 8.81. The molecule has 0 aliphatic heterocycles. The van der Waals surface area contributed by atoms with Gasteiger partial charge in [-0.2, -0.15) is 0 Å². The first kappa shape index (κ1) is 28.6. The quantitative estimate of drug-likeness (QED) is 0.236. The topological polar surface area (TPSA) is 214 Å². The van der Waals surface area contributed by atoms with Gasteiger partial charge >= 0.3 is 40.9 Å². The molecule has 0 fully saturated rings. The predicted molar refractivity (Wildman–Crippen MR) is 120 cm³/mol. The molecule has 0 aliphatic carbocycles. The van der Waals surface area contributed by atoms with Crippen LogP contribution in [0, 0.1) is 0 Å². The molecule has 0 saturated carbocycles. The molecule has 0 spiro atoms. The van der Waals surface area contributed by atoms with Gasteiger partial charge in [0.15, 0.2) is 5.13 Å². The number of thiazole rings is 1. The molecular weight excluding hydrogens is 524 g/mol. The SMILES string of the molecule is Nc1nc2ccccc2s1.O=C(O)c1cccc(C(=O)O)n1.O=C(O)c1cccc(C(=O)O)n1.[Fe+3]. The summed E-state index contributed by atoms with van der Waals surface area (Å²) in [5.41, 5.74) is 5.41. The first-order valence-corrected chi connectivity index (χ1v) is 9.88. The zero-order chi connectivity index (χ0) is 25.3. The number of para-hydroxylation sites is 1. The van der Waals surface area contributed by atoms with Gasteiger partial charge < -0.3 is 26.2 Å². The number of nitrogens with two attached hydrogens (primary N) is 1. The van der Waals surface area contributed by atoms with Crippen molar-refractivity contribution in [2.24, 2.45) is 0 Å². The summed E-state index contributed by atoms with van der Waals surface area (Å²) in [6.45, 7) is 0. The van der Waals surface area contributed by atoms with E-state index in [4.69, 9.17) is 26.2 Å². The third-order valence-corrected chi connectivity index (χ3v) is 4.55. The number of rotatable bonds is 4. The fourth-order valence-corrected chi connectivity index (χ4v) is 2.97. The Morgan fingerprint density at radius 3 is 1.31 bits per heavy atom. The fraction of sp³-hybridized carbons (Fsp3) is 0. The molecule has 3 heterocycles. The average molecular weight is 540 g/mol. The monoisotopic (exact) mass is 540 g/mol. The van der Waals surface area contributed by atoms with Crippen LogP contribution in [-0.2, 0) is 17.1 Å². The summed E-state index contributed by atoms with van der Waals surface area (Å²) in [6, 6.07) is 15.5. The maximum Gasteiger partial charge on any atom is 3.00 e. The molecule has 14 heteroatoms. The number of pyridine rings is 2. The van der Waals surface area contributed by atoms with Gasteiger partial charge in [-0.25, -0.2) is 34.1 Å². The molecule has 1 radical (unpaired) electrons. The maximum absolute atomic E-state index is 10.3. The van der Waals surface area contributed by atoms with Crippen molar-refractivity contribution < 1.29 is 56.7 Å². The van der Waals surface area contributed by atoms with Crippen LogP contribution >= 0.6 is 11.3 Å². The number of aromatic nitrogens is 3. The van der Waals surface area contributed by atoms with Crippen LogP contribution in [0.2, 0.25) is 0 Å². The molecule has 0 bridgehead atoms. The minimum atomic E-state index is -1.24. The van der Waals surface area contributed by atoms with Crippen molar-refractivity contribution in [1.29, 1.82) is 0 Å². The largest absolute Gasteiger partial charge is 3.00 e. The average Bonchev–Trinajstić information content (AvgIpc) is 3.20. The van der Waals surface area contributed by atoms with Gasteiger partial charge in [0.05, 0.1) is 10.2 Å². The van der Waals surface area contributed by atoms with E-state index >= 15 is 0 Å². The molecule has 4 aromatic rings. The van der Waals surface area contributed by atoms with Crippen LogP contribution in [-0.4, -0.2) is 59.3 Å². The molecule has 12 nitrogen and oxygen atoms in total. The second-order valence-corrected chi connectivity index (χ2v) is 7.12. The Bertz CT molecular complexity index is 1200. The molecule has 3 aromatic heterocycles. The Labute approximate surface area is 211 Å². The van der Waals surface area contributed by atoms with E-state index in [2.05, 4.69) is 15.0 Å². The second kappa shape index (κ2) is 13.3. The van der Waals surface area contributed by atoms with Crippen molar-refractivity contribution >= 4 is 50.6 Å². The van der Waals surface area contributed by atoms with E-state index in [1.807, 2.05) is 24.3 Å². The van der Waals surface area contributed by atoms with Crippen molar-refractivity contribution in [3.05, 3.63) is 83.4 Å². The van der Waals surface area contributed by atoms with Gasteiger partial charge in [0, 0.05) is 0 Å². The van der Waals surface area contributed by atoms with E-state index < -0.39 is 23.9 Å². The summed E-state index contributed by atoms with van der Waals surface area (Å²) >= 11 is 1.52. The summed E-state index contributed by atoms with van der Waals surface area (Å²) in [4.78, 5) is 52.1. The van der Waals surface area contributed by atoms with E-state index in [1.54, 1.807) is 0 Å². The number of hydrogen-bond donors (Lipinski definition) is 5. The van der Waals surface area contributed by atoms with Crippen LogP contribution in [0.3, 0.4) is 0 Å². The predicted octanol–water partition coefficient (Wildman–Crippen LogP) is 2.83. The standard InChI is InChI=1S/C7H6N2S.2C7H5NO4.Fe/c8-7-9-5-3-1-2-4-6(5)10-7;2*9-6(10)4-2-1-3-5(8-4)7(11)12;/h1-4H,(H2,8,9);2*1-3H,(H,9,10)(H,11,12);/q;;;+3. The van der Waals surface area contributed by atoms with E-state index in [1.165, 1.54) is 47.7 Å². The van der Waals surface area contributed by atoms with Crippen molar-refractivity contribution in [2.45, 2.75) is 0 Å². The summed E-state index contributed by atoms with van der Waals surface area (Å²) in [7, 11) is 0. The van der Waals surface area contributed by atoms with Gasteiger partial charge in [0.1, 0.15) is 22.8 Å². The molecule has 35 heavy (non-hydrogen) atoms. The van der Waals surface area contributed by atoms with Crippen LogP contribution in [0.25, 0.3) is 10.2 Å². The van der Waals surface area contributed by atoms with Gasteiger partial charge in [-0.1, -0.05) is 35.6 Å². The number of anilines is 1. The Hall–Kier alpha value is -4.39. The number of fused-ring (bicyclic) bond motifs is 1. The summed E-state index contributed by atoms with van der Waals surface area (Å²) in [5, 5.41) is 34.4. The van der Waals surface area contributed by atoms with Gasteiger partial charge in [0.25, 0.3) is 0 Å². The Morgan fingerprint density at radius 2 is 0.971 bits per heavy atom. The summed E-state index contributed by atoms with van der Waals surface area (Å²) < 4.78 is 1.15. The molecule has 4 rings (SSSR count). The molecule has 0 saturated heterocycles. The maximum atomic E-state index is 10.3. The van der Waals surface area contributed by atoms with E-state index in [-0.39, 0.29) is 39.8 Å². The molecule has 6 N–H and O–H groups in total. The molecular formula is C21H16FeN4O8S+3. The number of nitrogens with zero attached hydrogens (tertiary/aromatic N) is 3. The Morgan fingerprint density at radius 1 is 0.600 bits per heavy atom. The number of benzene rings is 1. The normalized spacial score (nSPS) is 9.37. The molecule has 0 amide bonds. The van der Waals surface area contributed by atoms with Crippen LogP contribution < -0.4 is 5.73 Å². The number of aromatic carboxylic acids is 4. The Kier molecular flexibility index (Phi) is 10.9. The number of carbonyl (C=O) groups is 4.